The summed E-state index contributed by atoms with van der Waals surface area (Å²) >= 11 is 0. The third kappa shape index (κ3) is 4.77. The fourth-order valence-corrected chi connectivity index (χ4v) is 2.60. The van der Waals surface area contributed by atoms with Crippen LogP contribution in [0.3, 0.4) is 0 Å². The molecule has 1 aliphatic rings. The van der Waals surface area contributed by atoms with Gasteiger partial charge in [0.1, 0.15) is 5.75 Å². The summed E-state index contributed by atoms with van der Waals surface area (Å²) in [5.74, 6) is 0.980. The minimum absolute atomic E-state index is 0.259. The minimum Gasteiger partial charge on any atom is -0.495 e. The summed E-state index contributed by atoms with van der Waals surface area (Å²) < 4.78 is 9.90. The third-order valence-corrected chi connectivity index (χ3v) is 3.95. The number of hydrogen-bond donors (Lipinski definition) is 2. The first kappa shape index (κ1) is 16.9. The average molecular weight is 321 g/mol. The van der Waals surface area contributed by atoms with Crippen molar-refractivity contribution in [3.63, 3.8) is 0 Å². The van der Waals surface area contributed by atoms with Crippen molar-refractivity contribution >= 4 is 17.8 Å². The summed E-state index contributed by atoms with van der Waals surface area (Å²) in [4.78, 5) is 25.1. The van der Waals surface area contributed by atoms with Crippen molar-refractivity contribution in [2.75, 3.05) is 39.2 Å². The lowest BCUT2D eigenvalue weighted by Crippen LogP contribution is -2.42. The maximum atomic E-state index is 12.0. The van der Waals surface area contributed by atoms with Crippen LogP contribution in [0.4, 0.5) is 15.3 Å². The molecule has 126 valence electrons. The molecule has 0 spiro atoms. The van der Waals surface area contributed by atoms with E-state index in [0.717, 1.165) is 12.8 Å². The van der Waals surface area contributed by atoms with Crippen LogP contribution in [0.5, 0.6) is 5.75 Å². The summed E-state index contributed by atoms with van der Waals surface area (Å²) in [5.41, 5.74) is 0.632. The molecule has 7 heteroatoms. The lowest BCUT2D eigenvalue weighted by atomic mass is 9.97. The van der Waals surface area contributed by atoms with E-state index in [2.05, 4.69) is 10.6 Å². The monoisotopic (exact) mass is 321 g/mol. The third-order valence-electron chi connectivity index (χ3n) is 3.95. The van der Waals surface area contributed by atoms with Crippen LogP contribution >= 0.6 is 0 Å². The molecule has 1 aromatic carbocycles. The van der Waals surface area contributed by atoms with E-state index in [0.29, 0.717) is 37.0 Å². The summed E-state index contributed by atoms with van der Waals surface area (Å²) in [6.07, 6.45) is 1.42. The number of anilines is 1. The van der Waals surface area contributed by atoms with Gasteiger partial charge in [-0.3, -0.25) is 0 Å². The zero-order valence-corrected chi connectivity index (χ0v) is 13.5. The maximum absolute atomic E-state index is 12.0. The van der Waals surface area contributed by atoms with Crippen LogP contribution in [0.2, 0.25) is 0 Å². The molecule has 2 N–H and O–H groups in total. The van der Waals surface area contributed by atoms with Gasteiger partial charge in [0.15, 0.2) is 0 Å². The zero-order chi connectivity index (χ0) is 16.7. The standard InChI is InChI=1S/C16H23N3O4/c1-22-14-6-4-3-5-13(14)18-15(20)17-11-12-7-9-19(10-8-12)16(21)23-2/h3-6,12H,7-11H2,1-2H3,(H2,17,18,20). The Morgan fingerprint density at radius 3 is 2.57 bits per heavy atom. The Balaban J connectivity index is 1.74. The largest absolute Gasteiger partial charge is 0.495 e. The molecule has 0 radical (unpaired) electrons. The molecule has 1 saturated heterocycles. The number of carbonyl (C=O) groups is 2. The highest BCUT2D eigenvalue weighted by molar-refractivity contribution is 5.90. The maximum Gasteiger partial charge on any atom is 0.409 e. The number of nitrogens with one attached hydrogen (secondary N) is 2. The molecule has 0 aliphatic carbocycles. The number of amides is 3. The predicted octanol–water partition coefficient (Wildman–Crippen LogP) is 2.30. The number of urea groups is 1. The van der Waals surface area contributed by atoms with Gasteiger partial charge >= 0.3 is 12.1 Å². The van der Waals surface area contributed by atoms with Crippen LogP contribution < -0.4 is 15.4 Å². The number of piperidine rings is 1. The molecule has 0 saturated carbocycles. The fourth-order valence-electron chi connectivity index (χ4n) is 2.60. The molecule has 2 rings (SSSR count). The Bertz CT molecular complexity index is 542. The Hall–Kier alpha value is -2.44. The molecule has 1 heterocycles. The van der Waals surface area contributed by atoms with E-state index >= 15 is 0 Å². The second-order valence-electron chi connectivity index (χ2n) is 5.44. The second-order valence-corrected chi connectivity index (χ2v) is 5.44. The molecule has 7 nitrogen and oxygen atoms in total. The molecule has 0 unspecified atom stereocenters. The van der Waals surface area contributed by atoms with Crippen molar-refractivity contribution in [3.05, 3.63) is 24.3 Å². The van der Waals surface area contributed by atoms with Gasteiger partial charge in [-0.05, 0) is 30.9 Å². The molecular formula is C16H23N3O4. The molecule has 0 bridgehead atoms. The van der Waals surface area contributed by atoms with Gasteiger partial charge in [0.2, 0.25) is 0 Å². The molecular weight excluding hydrogens is 298 g/mol. The van der Waals surface area contributed by atoms with Gasteiger partial charge < -0.3 is 25.0 Å². The van der Waals surface area contributed by atoms with E-state index in [4.69, 9.17) is 9.47 Å². The summed E-state index contributed by atoms with van der Waals surface area (Å²) in [5, 5.41) is 5.65. The van der Waals surface area contributed by atoms with Crippen LogP contribution in [0.25, 0.3) is 0 Å². The Labute approximate surface area is 135 Å². The number of hydrogen-bond acceptors (Lipinski definition) is 4. The van der Waals surface area contributed by atoms with Gasteiger partial charge in [-0.1, -0.05) is 12.1 Å². The molecule has 23 heavy (non-hydrogen) atoms. The predicted molar refractivity (Wildman–Crippen MR) is 86.7 cm³/mol. The zero-order valence-electron chi connectivity index (χ0n) is 13.5. The van der Waals surface area contributed by atoms with Crippen molar-refractivity contribution in [1.29, 1.82) is 0 Å². The number of ether oxygens (including phenoxy) is 2. The molecule has 1 aliphatic heterocycles. The van der Waals surface area contributed by atoms with E-state index in [9.17, 15) is 9.59 Å². The highest BCUT2D eigenvalue weighted by atomic mass is 16.5. The van der Waals surface area contributed by atoms with E-state index in [-0.39, 0.29) is 12.1 Å². The number of likely N-dealkylation sites (tertiary alicyclic amines) is 1. The van der Waals surface area contributed by atoms with Gasteiger partial charge in [-0.25, -0.2) is 9.59 Å². The normalized spacial score (nSPS) is 15.0. The van der Waals surface area contributed by atoms with Gasteiger partial charge in [0.25, 0.3) is 0 Å². The first-order valence-electron chi connectivity index (χ1n) is 7.64. The molecule has 0 atom stereocenters. The molecule has 3 amide bonds. The SMILES string of the molecule is COC(=O)N1CCC(CNC(=O)Nc2ccccc2OC)CC1. The van der Waals surface area contributed by atoms with Crippen molar-refractivity contribution in [3.8, 4) is 5.75 Å². The first-order valence-corrected chi connectivity index (χ1v) is 7.64. The number of nitrogens with zero attached hydrogens (tertiary/aromatic N) is 1. The lowest BCUT2D eigenvalue weighted by Gasteiger charge is -2.30. The summed E-state index contributed by atoms with van der Waals surface area (Å²) in [7, 11) is 2.95. The van der Waals surface area contributed by atoms with Gasteiger partial charge in [0.05, 0.1) is 19.9 Å². The second kappa shape index (κ2) is 8.26. The molecule has 0 aromatic heterocycles. The smallest absolute Gasteiger partial charge is 0.409 e. The van der Waals surface area contributed by atoms with Crippen LogP contribution in [0.15, 0.2) is 24.3 Å². The van der Waals surface area contributed by atoms with Crippen molar-refractivity contribution in [2.45, 2.75) is 12.8 Å². The number of para-hydroxylation sites is 2. The Morgan fingerprint density at radius 1 is 1.22 bits per heavy atom. The van der Waals surface area contributed by atoms with Crippen LogP contribution in [-0.4, -0.2) is 50.9 Å². The number of benzene rings is 1. The number of carbonyl (C=O) groups excluding carboxylic acids is 2. The number of methoxy groups -OCH3 is 2. The fraction of sp³-hybridized carbons (Fsp3) is 0.500. The van der Waals surface area contributed by atoms with Crippen molar-refractivity contribution in [1.82, 2.24) is 10.2 Å². The molecule has 1 fully saturated rings. The average Bonchev–Trinajstić information content (AvgIpc) is 2.60. The van der Waals surface area contributed by atoms with Crippen molar-refractivity contribution < 1.29 is 19.1 Å². The van der Waals surface area contributed by atoms with Gasteiger partial charge in [0, 0.05) is 19.6 Å². The topological polar surface area (TPSA) is 79.9 Å². The van der Waals surface area contributed by atoms with Crippen LogP contribution in [0.1, 0.15) is 12.8 Å². The van der Waals surface area contributed by atoms with Crippen LogP contribution in [0, 0.1) is 5.92 Å². The number of rotatable bonds is 4. The Morgan fingerprint density at radius 2 is 1.91 bits per heavy atom. The van der Waals surface area contributed by atoms with E-state index in [1.165, 1.54) is 7.11 Å². The summed E-state index contributed by atoms with van der Waals surface area (Å²) in [6.45, 7) is 1.90. The van der Waals surface area contributed by atoms with E-state index in [1.807, 2.05) is 12.1 Å². The first-order chi connectivity index (χ1) is 11.1. The highest BCUT2D eigenvalue weighted by Gasteiger charge is 2.23. The molecule has 1 aromatic rings. The van der Waals surface area contributed by atoms with E-state index < -0.39 is 0 Å². The van der Waals surface area contributed by atoms with Crippen molar-refractivity contribution in [2.24, 2.45) is 5.92 Å². The summed E-state index contributed by atoms with van der Waals surface area (Å²) in [6, 6.07) is 6.99. The van der Waals surface area contributed by atoms with E-state index in [1.54, 1.807) is 24.1 Å². The Kier molecular flexibility index (Phi) is 6.08. The minimum atomic E-state index is -0.287. The quantitative estimate of drug-likeness (QED) is 0.892. The van der Waals surface area contributed by atoms with Gasteiger partial charge in [-0.2, -0.15) is 0 Å². The highest BCUT2D eigenvalue weighted by Crippen LogP contribution is 2.23. The lowest BCUT2D eigenvalue weighted by molar-refractivity contribution is 0.106. The van der Waals surface area contributed by atoms with Gasteiger partial charge in [-0.15, -0.1) is 0 Å². The van der Waals surface area contributed by atoms with Crippen LogP contribution in [-0.2, 0) is 4.74 Å².